The van der Waals surface area contributed by atoms with Crippen molar-refractivity contribution in [3.63, 3.8) is 0 Å². The molecule has 0 aliphatic heterocycles. The summed E-state index contributed by atoms with van der Waals surface area (Å²) in [5.41, 5.74) is 20.8. The Kier molecular flexibility index (Phi) is 10.1. The van der Waals surface area contributed by atoms with Crippen molar-refractivity contribution in [2.24, 2.45) is 0 Å². The number of nitrogens with zero attached hydrogens (tertiary/aromatic N) is 2. The number of anilines is 3. The summed E-state index contributed by atoms with van der Waals surface area (Å²) in [6.45, 7) is 0. The van der Waals surface area contributed by atoms with E-state index in [1.807, 2.05) is 0 Å². The van der Waals surface area contributed by atoms with Crippen molar-refractivity contribution in [1.82, 2.24) is 4.57 Å². The predicted octanol–water partition coefficient (Wildman–Crippen LogP) is 18.8. The summed E-state index contributed by atoms with van der Waals surface area (Å²) in [4.78, 5) is 2.48. The van der Waals surface area contributed by atoms with E-state index in [2.05, 4.69) is 301 Å². The first-order valence-electron chi connectivity index (χ1n) is 25.2. The largest absolute Gasteiger partial charge is 0.310 e. The SMILES string of the molecule is c1ccc(-c2ccc(N(c3ccc4c(c3)C(c3ccccc3)(c3ccccc3)c3ccccc3-4)c3ccccc3-c3ccccc3-c3ccc4c5ccccc5n(-c5ccc6ccccc6c5)c4c3)cc2)cc1. The molecule has 2 heteroatoms. The van der Waals surface area contributed by atoms with Crippen LogP contribution in [0.15, 0.2) is 291 Å². The van der Waals surface area contributed by atoms with Crippen molar-refractivity contribution < 1.29 is 0 Å². The molecule has 342 valence electrons. The molecule has 1 aromatic heterocycles. The minimum atomic E-state index is -0.548. The molecule has 0 atom stereocenters. The molecule has 14 rings (SSSR count). The van der Waals surface area contributed by atoms with Crippen LogP contribution in [0.2, 0.25) is 0 Å². The standard InChI is InChI=1S/C71H48N2/c1-4-20-49(21-5-1)51-36-40-56(41-37-51)72(58-43-45-62-61-30-14-17-33-66(61)71(67(62)48-58,54-24-6-2-7-25-54)55-26-8-3-9-27-55)68-34-18-15-31-63(68)60-29-13-12-28-59(60)53-39-44-65-64-32-16-19-35-69(64)73(70(65)47-53)57-42-38-50-22-10-11-23-52(50)46-57/h1-48H. The van der Waals surface area contributed by atoms with Gasteiger partial charge in [0.15, 0.2) is 0 Å². The van der Waals surface area contributed by atoms with Gasteiger partial charge in [-0.3, -0.25) is 0 Å². The molecule has 1 aliphatic rings. The summed E-state index contributed by atoms with van der Waals surface area (Å²) < 4.78 is 2.44. The van der Waals surface area contributed by atoms with Gasteiger partial charge in [0.25, 0.3) is 0 Å². The molecule has 0 bridgehead atoms. The predicted molar refractivity (Wildman–Crippen MR) is 307 cm³/mol. The quantitative estimate of drug-likeness (QED) is 0.140. The molecule has 0 N–H and O–H groups in total. The van der Waals surface area contributed by atoms with E-state index in [0.29, 0.717) is 0 Å². The molecular formula is C71H48N2. The number of aromatic nitrogens is 1. The number of hydrogen-bond donors (Lipinski definition) is 0. The van der Waals surface area contributed by atoms with Crippen LogP contribution in [-0.2, 0) is 5.41 Å². The van der Waals surface area contributed by atoms with Gasteiger partial charge in [0.2, 0.25) is 0 Å². The van der Waals surface area contributed by atoms with Crippen molar-refractivity contribution >= 4 is 49.6 Å². The van der Waals surface area contributed by atoms with Crippen molar-refractivity contribution in [3.8, 4) is 50.2 Å². The number of rotatable bonds is 9. The molecule has 1 aliphatic carbocycles. The third-order valence-electron chi connectivity index (χ3n) is 15.3. The lowest BCUT2D eigenvalue weighted by Crippen LogP contribution is -2.28. The van der Waals surface area contributed by atoms with Crippen LogP contribution in [0, 0.1) is 0 Å². The highest BCUT2D eigenvalue weighted by Crippen LogP contribution is 2.57. The van der Waals surface area contributed by atoms with Gasteiger partial charge in [-0.25, -0.2) is 0 Å². The molecule has 0 fully saturated rings. The van der Waals surface area contributed by atoms with E-state index in [4.69, 9.17) is 0 Å². The molecule has 0 amide bonds. The van der Waals surface area contributed by atoms with Gasteiger partial charge in [-0.05, 0) is 127 Å². The second-order valence-electron chi connectivity index (χ2n) is 19.2. The summed E-state index contributed by atoms with van der Waals surface area (Å²) in [5, 5.41) is 4.93. The Morgan fingerprint density at radius 1 is 0.288 bits per heavy atom. The van der Waals surface area contributed by atoms with Gasteiger partial charge in [0.1, 0.15) is 0 Å². The van der Waals surface area contributed by atoms with Gasteiger partial charge < -0.3 is 9.47 Å². The Morgan fingerprint density at radius 3 is 1.60 bits per heavy atom. The number of para-hydroxylation sites is 2. The summed E-state index contributed by atoms with van der Waals surface area (Å²) in [6.07, 6.45) is 0. The highest BCUT2D eigenvalue weighted by molar-refractivity contribution is 6.11. The van der Waals surface area contributed by atoms with Crippen molar-refractivity contribution in [1.29, 1.82) is 0 Å². The molecular weight excluding hydrogens is 881 g/mol. The molecule has 0 saturated heterocycles. The van der Waals surface area contributed by atoms with Crippen LogP contribution < -0.4 is 4.90 Å². The molecule has 13 aromatic rings. The lowest BCUT2D eigenvalue weighted by atomic mass is 9.67. The van der Waals surface area contributed by atoms with Gasteiger partial charge in [0.05, 0.1) is 22.1 Å². The highest BCUT2D eigenvalue weighted by atomic mass is 15.1. The zero-order valence-electron chi connectivity index (χ0n) is 40.1. The van der Waals surface area contributed by atoms with Gasteiger partial charge >= 0.3 is 0 Å². The first kappa shape index (κ1) is 42.4. The van der Waals surface area contributed by atoms with Gasteiger partial charge in [-0.1, -0.05) is 237 Å². The maximum Gasteiger partial charge on any atom is 0.0714 e. The van der Waals surface area contributed by atoms with E-state index in [1.165, 1.54) is 82.6 Å². The lowest BCUT2D eigenvalue weighted by molar-refractivity contribution is 0.768. The average Bonchev–Trinajstić information content (AvgIpc) is 4.00. The molecule has 1 heterocycles. The summed E-state index contributed by atoms with van der Waals surface area (Å²) in [7, 11) is 0. The Morgan fingerprint density at radius 2 is 0.836 bits per heavy atom. The molecule has 0 unspecified atom stereocenters. The zero-order chi connectivity index (χ0) is 48.3. The fraction of sp³-hybridized carbons (Fsp3) is 0.0141. The fourth-order valence-corrected chi connectivity index (χ4v) is 12.0. The fourth-order valence-electron chi connectivity index (χ4n) is 12.0. The van der Waals surface area contributed by atoms with Gasteiger partial charge in [-0.15, -0.1) is 0 Å². The van der Waals surface area contributed by atoms with E-state index < -0.39 is 5.41 Å². The molecule has 73 heavy (non-hydrogen) atoms. The highest BCUT2D eigenvalue weighted by Gasteiger charge is 2.46. The molecule has 2 nitrogen and oxygen atoms in total. The minimum Gasteiger partial charge on any atom is -0.310 e. The number of fused-ring (bicyclic) bond motifs is 7. The van der Waals surface area contributed by atoms with E-state index in [9.17, 15) is 0 Å². The Balaban J connectivity index is 0.977. The number of hydrogen-bond acceptors (Lipinski definition) is 1. The minimum absolute atomic E-state index is 0.548. The summed E-state index contributed by atoms with van der Waals surface area (Å²) in [6, 6.07) is 107. The third-order valence-corrected chi connectivity index (χ3v) is 15.3. The van der Waals surface area contributed by atoms with Crippen LogP contribution in [0.4, 0.5) is 17.1 Å². The Labute approximate surface area is 426 Å². The monoisotopic (exact) mass is 928 g/mol. The summed E-state index contributed by atoms with van der Waals surface area (Å²) in [5.74, 6) is 0. The van der Waals surface area contributed by atoms with E-state index >= 15 is 0 Å². The summed E-state index contributed by atoms with van der Waals surface area (Å²) >= 11 is 0. The Hall–Kier alpha value is -9.50. The van der Waals surface area contributed by atoms with Crippen LogP contribution in [0.25, 0.3) is 82.8 Å². The normalized spacial score (nSPS) is 12.5. The zero-order valence-corrected chi connectivity index (χ0v) is 40.1. The second kappa shape index (κ2) is 17.4. The first-order valence-corrected chi connectivity index (χ1v) is 25.2. The van der Waals surface area contributed by atoms with Gasteiger partial charge in [0, 0.05) is 33.4 Å². The van der Waals surface area contributed by atoms with Crippen molar-refractivity contribution in [2.45, 2.75) is 5.41 Å². The lowest BCUT2D eigenvalue weighted by Gasteiger charge is -2.35. The van der Waals surface area contributed by atoms with Gasteiger partial charge in [-0.2, -0.15) is 0 Å². The maximum absolute atomic E-state index is 2.48. The van der Waals surface area contributed by atoms with Crippen molar-refractivity contribution in [2.75, 3.05) is 4.90 Å². The number of benzene rings is 12. The second-order valence-corrected chi connectivity index (χ2v) is 19.2. The first-order chi connectivity index (χ1) is 36.2. The third kappa shape index (κ3) is 6.87. The molecule has 0 saturated carbocycles. The average molecular weight is 929 g/mol. The van der Waals surface area contributed by atoms with E-state index in [0.717, 1.165) is 39.4 Å². The van der Waals surface area contributed by atoms with Crippen LogP contribution in [0.5, 0.6) is 0 Å². The van der Waals surface area contributed by atoms with Crippen LogP contribution >= 0.6 is 0 Å². The smallest absolute Gasteiger partial charge is 0.0714 e. The maximum atomic E-state index is 2.48. The van der Waals surface area contributed by atoms with Crippen LogP contribution in [-0.4, -0.2) is 4.57 Å². The van der Waals surface area contributed by atoms with Crippen molar-refractivity contribution in [3.05, 3.63) is 313 Å². The molecule has 0 spiro atoms. The van der Waals surface area contributed by atoms with Crippen LogP contribution in [0.1, 0.15) is 22.3 Å². The van der Waals surface area contributed by atoms with Crippen LogP contribution in [0.3, 0.4) is 0 Å². The molecule has 12 aromatic carbocycles. The van der Waals surface area contributed by atoms with E-state index in [1.54, 1.807) is 0 Å². The topological polar surface area (TPSA) is 8.17 Å². The molecule has 0 radical (unpaired) electrons. The van der Waals surface area contributed by atoms with E-state index in [-0.39, 0.29) is 0 Å². The Bertz CT molecular complexity index is 4150.